The summed E-state index contributed by atoms with van der Waals surface area (Å²) in [7, 11) is -3.65. The number of carboxylic acid groups (broad SMARTS) is 1. The van der Waals surface area contributed by atoms with Gasteiger partial charge in [-0.1, -0.05) is 11.6 Å². The first-order valence-corrected chi connectivity index (χ1v) is 8.16. The van der Waals surface area contributed by atoms with E-state index in [-0.39, 0.29) is 10.8 Å². The molecule has 0 fully saturated rings. The lowest BCUT2D eigenvalue weighted by atomic mass is 10.2. The fourth-order valence-electron chi connectivity index (χ4n) is 2.17. The standard InChI is InChI=1S/C12H9ClN4O4S/c1-22(20,21)17-9(8-5-15-16(6-8)12(18)19)2-7-4-14-11(13)3-10(7)17/h2-6H,1H3,(H,18,19). The second-order valence-corrected chi connectivity index (χ2v) is 6.80. The van der Waals surface area contributed by atoms with Crippen molar-refractivity contribution in [2.45, 2.75) is 0 Å². The van der Waals surface area contributed by atoms with E-state index in [1.807, 2.05) is 0 Å². The van der Waals surface area contributed by atoms with Gasteiger partial charge in [0.15, 0.2) is 0 Å². The first-order chi connectivity index (χ1) is 10.3. The maximum absolute atomic E-state index is 12.1. The van der Waals surface area contributed by atoms with Gasteiger partial charge >= 0.3 is 6.09 Å². The molecule has 0 aromatic carbocycles. The Balaban J connectivity index is 2.35. The van der Waals surface area contributed by atoms with Gasteiger partial charge in [-0.3, -0.25) is 0 Å². The summed E-state index contributed by atoms with van der Waals surface area (Å²) in [5, 5.41) is 13.3. The van der Waals surface area contributed by atoms with E-state index in [9.17, 15) is 13.2 Å². The number of halogens is 1. The van der Waals surface area contributed by atoms with E-state index in [2.05, 4.69) is 10.1 Å². The summed E-state index contributed by atoms with van der Waals surface area (Å²) in [4.78, 5) is 14.8. The Hall–Kier alpha value is -2.39. The van der Waals surface area contributed by atoms with Crippen LogP contribution in [0.5, 0.6) is 0 Å². The molecule has 3 rings (SSSR count). The zero-order valence-electron chi connectivity index (χ0n) is 11.1. The van der Waals surface area contributed by atoms with Crippen molar-refractivity contribution >= 4 is 38.6 Å². The van der Waals surface area contributed by atoms with Crippen molar-refractivity contribution in [1.29, 1.82) is 0 Å². The second-order valence-electron chi connectivity index (χ2n) is 4.58. The number of rotatable bonds is 2. The molecular weight excluding hydrogens is 332 g/mol. The topological polar surface area (TPSA) is 107 Å². The predicted molar refractivity (Wildman–Crippen MR) is 79.6 cm³/mol. The van der Waals surface area contributed by atoms with Crippen LogP contribution in [0.25, 0.3) is 22.2 Å². The Morgan fingerprint density at radius 3 is 2.64 bits per heavy atom. The number of hydrogen-bond acceptors (Lipinski definition) is 5. The monoisotopic (exact) mass is 340 g/mol. The zero-order valence-corrected chi connectivity index (χ0v) is 12.7. The van der Waals surface area contributed by atoms with E-state index in [4.69, 9.17) is 16.7 Å². The predicted octanol–water partition coefficient (Wildman–Crippen LogP) is 1.89. The molecule has 0 atom stereocenters. The lowest BCUT2D eigenvalue weighted by Crippen LogP contribution is -2.11. The molecule has 3 heterocycles. The second kappa shape index (κ2) is 4.82. The lowest BCUT2D eigenvalue weighted by molar-refractivity contribution is 0.192. The fourth-order valence-corrected chi connectivity index (χ4v) is 3.35. The van der Waals surface area contributed by atoms with Gasteiger partial charge in [-0.05, 0) is 6.07 Å². The molecule has 0 aliphatic rings. The molecule has 3 aromatic heterocycles. The first-order valence-electron chi connectivity index (χ1n) is 5.93. The van der Waals surface area contributed by atoms with Crippen LogP contribution in [0.2, 0.25) is 5.15 Å². The third kappa shape index (κ3) is 2.34. The quantitative estimate of drug-likeness (QED) is 0.714. The van der Waals surface area contributed by atoms with Crippen molar-refractivity contribution in [1.82, 2.24) is 18.7 Å². The van der Waals surface area contributed by atoms with E-state index in [1.165, 1.54) is 24.7 Å². The van der Waals surface area contributed by atoms with Gasteiger partial charge in [0.05, 0.1) is 23.7 Å². The minimum Gasteiger partial charge on any atom is -0.463 e. The van der Waals surface area contributed by atoms with E-state index < -0.39 is 16.1 Å². The molecule has 0 amide bonds. The minimum atomic E-state index is -3.65. The van der Waals surface area contributed by atoms with Crippen LogP contribution < -0.4 is 0 Å². The summed E-state index contributed by atoms with van der Waals surface area (Å²) in [6.45, 7) is 0. The van der Waals surface area contributed by atoms with E-state index in [1.54, 1.807) is 6.07 Å². The third-order valence-corrected chi connectivity index (χ3v) is 4.28. The van der Waals surface area contributed by atoms with Crippen LogP contribution in [0.4, 0.5) is 4.79 Å². The van der Waals surface area contributed by atoms with Crippen LogP contribution in [-0.4, -0.2) is 44.6 Å². The molecule has 0 saturated heterocycles. The Morgan fingerprint density at radius 1 is 1.32 bits per heavy atom. The Bertz CT molecular complexity index is 1010. The summed E-state index contributed by atoms with van der Waals surface area (Å²) in [6, 6.07) is 3.02. The zero-order chi connectivity index (χ0) is 16.1. The molecule has 22 heavy (non-hydrogen) atoms. The highest BCUT2D eigenvalue weighted by Crippen LogP contribution is 2.30. The lowest BCUT2D eigenvalue weighted by Gasteiger charge is -2.06. The molecule has 8 nitrogen and oxygen atoms in total. The summed E-state index contributed by atoms with van der Waals surface area (Å²) < 4.78 is 26.0. The fraction of sp³-hybridized carbons (Fsp3) is 0.0833. The van der Waals surface area contributed by atoms with Gasteiger partial charge < -0.3 is 5.11 Å². The van der Waals surface area contributed by atoms with Gasteiger partial charge in [-0.2, -0.15) is 9.78 Å². The number of carbonyl (C=O) groups is 1. The highest BCUT2D eigenvalue weighted by molar-refractivity contribution is 7.89. The minimum absolute atomic E-state index is 0.156. The summed E-state index contributed by atoms with van der Waals surface area (Å²) in [5.41, 5.74) is 0.995. The van der Waals surface area contributed by atoms with Crippen LogP contribution in [0.15, 0.2) is 30.7 Å². The molecule has 0 bridgehead atoms. The van der Waals surface area contributed by atoms with E-state index in [0.29, 0.717) is 21.1 Å². The summed E-state index contributed by atoms with van der Waals surface area (Å²) in [5.74, 6) is 0. The smallest absolute Gasteiger partial charge is 0.432 e. The summed E-state index contributed by atoms with van der Waals surface area (Å²) in [6.07, 6.45) is 3.74. The number of aromatic nitrogens is 4. The van der Waals surface area contributed by atoms with Crippen LogP contribution in [-0.2, 0) is 10.0 Å². The highest BCUT2D eigenvalue weighted by Gasteiger charge is 2.20. The van der Waals surface area contributed by atoms with E-state index >= 15 is 0 Å². The molecule has 10 heteroatoms. The molecule has 114 valence electrons. The Kier molecular flexibility index (Phi) is 3.18. The number of fused-ring (bicyclic) bond motifs is 1. The van der Waals surface area contributed by atoms with Gasteiger partial charge in [-0.25, -0.2) is 22.2 Å². The maximum atomic E-state index is 12.1. The molecule has 1 N–H and O–H groups in total. The normalized spacial score (nSPS) is 11.9. The van der Waals surface area contributed by atoms with Crippen molar-refractivity contribution in [2.24, 2.45) is 0 Å². The van der Waals surface area contributed by atoms with Gasteiger partial charge in [0, 0.05) is 29.4 Å². The number of nitrogens with zero attached hydrogens (tertiary/aromatic N) is 4. The largest absolute Gasteiger partial charge is 0.463 e. The van der Waals surface area contributed by atoms with Crippen LogP contribution in [0, 0.1) is 0 Å². The molecule has 0 radical (unpaired) electrons. The van der Waals surface area contributed by atoms with Crippen molar-refractivity contribution in [3.05, 3.63) is 35.9 Å². The SMILES string of the molecule is CS(=O)(=O)n1c(-c2cnn(C(=O)O)c2)cc2cnc(Cl)cc21. The average Bonchev–Trinajstić information content (AvgIpc) is 3.00. The van der Waals surface area contributed by atoms with Crippen LogP contribution in [0.3, 0.4) is 0 Å². The van der Waals surface area contributed by atoms with Crippen LogP contribution >= 0.6 is 11.6 Å². The summed E-state index contributed by atoms with van der Waals surface area (Å²) >= 11 is 5.83. The molecular formula is C12H9ClN4O4S. The molecule has 0 unspecified atom stereocenters. The van der Waals surface area contributed by atoms with Gasteiger partial charge in [0.2, 0.25) is 10.0 Å². The Morgan fingerprint density at radius 2 is 2.05 bits per heavy atom. The molecule has 0 aliphatic carbocycles. The highest BCUT2D eigenvalue weighted by atomic mass is 35.5. The van der Waals surface area contributed by atoms with E-state index in [0.717, 1.165) is 10.2 Å². The Labute approximate surface area is 129 Å². The van der Waals surface area contributed by atoms with Crippen molar-refractivity contribution in [3.63, 3.8) is 0 Å². The van der Waals surface area contributed by atoms with Crippen molar-refractivity contribution in [2.75, 3.05) is 6.26 Å². The molecule has 3 aromatic rings. The number of hydrogen-bond donors (Lipinski definition) is 1. The molecule has 0 saturated carbocycles. The molecule has 0 spiro atoms. The third-order valence-electron chi connectivity index (χ3n) is 3.01. The molecule has 0 aliphatic heterocycles. The van der Waals surface area contributed by atoms with Crippen LogP contribution in [0.1, 0.15) is 0 Å². The average molecular weight is 341 g/mol. The van der Waals surface area contributed by atoms with Crippen molar-refractivity contribution < 1.29 is 18.3 Å². The first kappa shape index (κ1) is 14.5. The van der Waals surface area contributed by atoms with Gasteiger partial charge in [0.1, 0.15) is 5.15 Å². The number of pyridine rings is 1. The maximum Gasteiger partial charge on any atom is 0.432 e. The van der Waals surface area contributed by atoms with Crippen molar-refractivity contribution in [3.8, 4) is 11.3 Å². The van der Waals surface area contributed by atoms with Gasteiger partial charge in [-0.15, -0.1) is 0 Å². The van der Waals surface area contributed by atoms with Gasteiger partial charge in [0.25, 0.3) is 0 Å².